The van der Waals surface area contributed by atoms with Crippen LogP contribution >= 0.6 is 12.2 Å². The summed E-state index contributed by atoms with van der Waals surface area (Å²) in [6, 6.07) is 20.2. The lowest BCUT2D eigenvalue weighted by molar-refractivity contribution is 0.302. The van der Waals surface area contributed by atoms with E-state index < -0.39 is 0 Å². The molecule has 0 bridgehead atoms. The second kappa shape index (κ2) is 8.28. The second-order valence-corrected chi connectivity index (χ2v) is 7.78. The fraction of sp³-hybridized carbons (Fsp3) is 0.125. The summed E-state index contributed by atoms with van der Waals surface area (Å²) in [4.78, 5) is 11.0. The number of hydrogen-bond acceptors (Lipinski definition) is 3. The van der Waals surface area contributed by atoms with Gasteiger partial charge in [-0.25, -0.2) is 4.39 Å². The van der Waals surface area contributed by atoms with E-state index in [4.69, 9.17) is 12.2 Å². The van der Waals surface area contributed by atoms with Gasteiger partial charge in [-0.3, -0.25) is 9.97 Å². The maximum atomic E-state index is 13.5. The third-order valence-corrected chi connectivity index (χ3v) is 5.81. The van der Waals surface area contributed by atoms with Crippen molar-refractivity contribution in [2.75, 3.05) is 0 Å². The molecule has 2 unspecified atom stereocenters. The zero-order chi connectivity index (χ0) is 21.2. The molecule has 0 spiro atoms. The molecule has 1 fully saturated rings. The molecule has 3 aromatic heterocycles. The average molecular weight is 430 g/mol. The van der Waals surface area contributed by atoms with Crippen LogP contribution < -0.4 is 5.32 Å². The van der Waals surface area contributed by atoms with E-state index in [1.165, 1.54) is 12.1 Å². The first-order valence-corrected chi connectivity index (χ1v) is 10.4. The van der Waals surface area contributed by atoms with Gasteiger partial charge in [-0.2, -0.15) is 0 Å². The van der Waals surface area contributed by atoms with Crippen LogP contribution in [0.5, 0.6) is 0 Å². The summed E-state index contributed by atoms with van der Waals surface area (Å²) in [6.07, 6.45) is 7.40. The molecule has 1 aliphatic heterocycles. The first-order valence-electron chi connectivity index (χ1n) is 10.0. The number of rotatable bonds is 5. The lowest BCUT2D eigenvalue weighted by atomic mass is 10.0. The number of nitrogens with one attached hydrogen (secondary N) is 1. The van der Waals surface area contributed by atoms with Crippen molar-refractivity contribution in [1.29, 1.82) is 0 Å². The zero-order valence-corrected chi connectivity index (χ0v) is 17.4. The van der Waals surface area contributed by atoms with Crippen LogP contribution in [0.2, 0.25) is 0 Å². The number of nitrogens with zero attached hydrogens (tertiary/aromatic N) is 4. The fourth-order valence-corrected chi connectivity index (χ4v) is 4.36. The predicted molar refractivity (Wildman–Crippen MR) is 121 cm³/mol. The highest BCUT2D eigenvalue weighted by Gasteiger charge is 2.41. The largest absolute Gasteiger partial charge is 0.352 e. The quantitative estimate of drug-likeness (QED) is 0.471. The molecule has 1 aromatic carbocycles. The SMILES string of the molecule is Fc1ccc(-n2cccc2C2C(c3ccccn3)NC(=S)N2Cc2cccnc2)cc1. The van der Waals surface area contributed by atoms with Crippen molar-refractivity contribution in [2.24, 2.45) is 0 Å². The number of halogens is 1. The van der Waals surface area contributed by atoms with Crippen molar-refractivity contribution in [3.63, 3.8) is 0 Å². The van der Waals surface area contributed by atoms with E-state index >= 15 is 0 Å². The van der Waals surface area contributed by atoms with E-state index in [-0.39, 0.29) is 17.9 Å². The third kappa shape index (κ3) is 3.80. The van der Waals surface area contributed by atoms with Crippen molar-refractivity contribution >= 4 is 17.3 Å². The van der Waals surface area contributed by atoms with Crippen molar-refractivity contribution in [1.82, 2.24) is 24.8 Å². The summed E-state index contributed by atoms with van der Waals surface area (Å²) >= 11 is 5.75. The molecule has 0 saturated carbocycles. The minimum atomic E-state index is -0.259. The van der Waals surface area contributed by atoms with E-state index in [9.17, 15) is 4.39 Å². The van der Waals surface area contributed by atoms with Crippen molar-refractivity contribution in [3.8, 4) is 5.69 Å². The van der Waals surface area contributed by atoms with Gasteiger partial charge in [0, 0.05) is 42.7 Å². The summed E-state index contributed by atoms with van der Waals surface area (Å²) in [6.45, 7) is 0.613. The molecule has 7 heteroatoms. The molecule has 4 aromatic rings. The zero-order valence-electron chi connectivity index (χ0n) is 16.6. The Balaban J connectivity index is 1.60. The number of hydrogen-bond donors (Lipinski definition) is 1. The Kier molecular flexibility index (Phi) is 5.18. The second-order valence-electron chi connectivity index (χ2n) is 7.40. The van der Waals surface area contributed by atoms with E-state index in [1.807, 2.05) is 48.8 Å². The highest BCUT2D eigenvalue weighted by atomic mass is 32.1. The van der Waals surface area contributed by atoms with Crippen LogP contribution in [0.1, 0.15) is 29.0 Å². The van der Waals surface area contributed by atoms with Crippen molar-refractivity contribution < 1.29 is 4.39 Å². The number of aromatic nitrogens is 3. The normalized spacial score (nSPS) is 18.2. The van der Waals surface area contributed by atoms with Crippen molar-refractivity contribution in [2.45, 2.75) is 18.6 Å². The molecule has 5 nitrogen and oxygen atoms in total. The van der Waals surface area contributed by atoms with Crippen LogP contribution in [-0.2, 0) is 6.54 Å². The lowest BCUT2D eigenvalue weighted by Gasteiger charge is -2.29. The Bertz CT molecular complexity index is 1180. The summed E-state index contributed by atoms with van der Waals surface area (Å²) in [5.74, 6) is -0.259. The molecule has 5 rings (SSSR count). The molecular formula is C24H20FN5S. The van der Waals surface area contributed by atoms with Gasteiger partial charge in [0.15, 0.2) is 5.11 Å². The molecule has 0 aliphatic carbocycles. The van der Waals surface area contributed by atoms with Crippen molar-refractivity contribution in [3.05, 3.63) is 114 Å². The van der Waals surface area contributed by atoms with Gasteiger partial charge in [0.1, 0.15) is 5.82 Å². The molecule has 4 heterocycles. The molecule has 1 N–H and O–H groups in total. The first kappa shape index (κ1) is 19.4. The minimum absolute atomic E-state index is 0.109. The van der Waals surface area contributed by atoms with Crippen LogP contribution in [0.4, 0.5) is 4.39 Å². The number of thiocarbonyl (C=S) groups is 1. The molecule has 1 aliphatic rings. The minimum Gasteiger partial charge on any atom is -0.352 e. The summed E-state index contributed by atoms with van der Waals surface area (Å²) in [7, 11) is 0. The van der Waals surface area contributed by atoms with E-state index in [0.717, 1.165) is 22.6 Å². The standard InChI is InChI=1S/C24H20FN5S/c25-18-8-10-19(11-9-18)29-14-4-7-21(29)23-22(20-6-1-2-13-27-20)28-24(31)30(23)16-17-5-3-12-26-15-17/h1-15,22-23H,16H2,(H,28,31). The Labute approximate surface area is 185 Å². The van der Waals surface area contributed by atoms with Crippen LogP contribution in [0.3, 0.4) is 0 Å². The van der Waals surface area contributed by atoms with Gasteiger partial charge < -0.3 is 14.8 Å². The van der Waals surface area contributed by atoms with Gasteiger partial charge in [-0.05, 0) is 72.4 Å². The lowest BCUT2D eigenvalue weighted by Crippen LogP contribution is -2.30. The summed E-state index contributed by atoms with van der Waals surface area (Å²) < 4.78 is 15.6. The molecule has 154 valence electrons. The number of benzene rings is 1. The van der Waals surface area contributed by atoms with Gasteiger partial charge in [0.25, 0.3) is 0 Å². The van der Waals surface area contributed by atoms with Gasteiger partial charge in [0.2, 0.25) is 0 Å². The Morgan fingerprint density at radius 2 is 1.84 bits per heavy atom. The van der Waals surface area contributed by atoms with Crippen LogP contribution in [0.25, 0.3) is 5.69 Å². The third-order valence-electron chi connectivity index (χ3n) is 5.46. The Morgan fingerprint density at radius 1 is 0.968 bits per heavy atom. The topological polar surface area (TPSA) is 46.0 Å². The monoisotopic (exact) mass is 429 g/mol. The van der Waals surface area contributed by atoms with E-state index in [0.29, 0.717) is 11.7 Å². The van der Waals surface area contributed by atoms with E-state index in [2.05, 4.69) is 30.8 Å². The molecule has 1 saturated heterocycles. The first-order chi connectivity index (χ1) is 15.2. The molecule has 2 atom stereocenters. The van der Waals surface area contributed by atoms with Crippen LogP contribution in [0.15, 0.2) is 91.5 Å². The van der Waals surface area contributed by atoms with Gasteiger partial charge in [-0.1, -0.05) is 12.1 Å². The van der Waals surface area contributed by atoms with Crippen LogP contribution in [-0.4, -0.2) is 24.5 Å². The molecule has 0 amide bonds. The van der Waals surface area contributed by atoms with Gasteiger partial charge in [-0.15, -0.1) is 0 Å². The van der Waals surface area contributed by atoms with Gasteiger partial charge >= 0.3 is 0 Å². The summed E-state index contributed by atoms with van der Waals surface area (Å²) in [5, 5.41) is 4.13. The highest BCUT2D eigenvalue weighted by molar-refractivity contribution is 7.80. The molecular weight excluding hydrogens is 409 g/mol. The predicted octanol–water partition coefficient (Wildman–Crippen LogP) is 4.58. The van der Waals surface area contributed by atoms with Crippen LogP contribution in [0, 0.1) is 5.82 Å². The van der Waals surface area contributed by atoms with Gasteiger partial charge in [0.05, 0.1) is 17.8 Å². The highest BCUT2D eigenvalue weighted by Crippen LogP contribution is 2.40. The average Bonchev–Trinajstić information content (AvgIpc) is 3.40. The molecule has 0 radical (unpaired) electrons. The molecule has 31 heavy (non-hydrogen) atoms. The fourth-order valence-electron chi connectivity index (χ4n) is 4.06. The maximum Gasteiger partial charge on any atom is 0.170 e. The maximum absolute atomic E-state index is 13.5. The smallest absolute Gasteiger partial charge is 0.170 e. The Hall–Kier alpha value is -3.58. The Morgan fingerprint density at radius 3 is 2.58 bits per heavy atom. The number of pyridine rings is 2. The summed E-state index contributed by atoms with van der Waals surface area (Å²) in [5.41, 5.74) is 3.91. The van der Waals surface area contributed by atoms with E-state index in [1.54, 1.807) is 24.5 Å².